The van der Waals surface area contributed by atoms with Crippen LogP contribution in [0.2, 0.25) is 0 Å². The summed E-state index contributed by atoms with van der Waals surface area (Å²) in [4.78, 5) is 20.8. The Hall–Kier alpha value is -2.70. The van der Waals surface area contributed by atoms with E-state index in [1.807, 2.05) is 29.7 Å². The topological polar surface area (TPSA) is 85.3 Å². The van der Waals surface area contributed by atoms with Crippen LogP contribution in [0.15, 0.2) is 29.0 Å². The molecule has 0 aromatic carbocycles. The lowest BCUT2D eigenvalue weighted by Crippen LogP contribution is -2.25. The minimum atomic E-state index is -0.0916. The second-order valence-corrected chi connectivity index (χ2v) is 5.91. The average Bonchev–Trinajstić information content (AvgIpc) is 3.14. The van der Waals surface area contributed by atoms with Crippen molar-refractivity contribution in [3.8, 4) is 0 Å². The zero-order chi connectivity index (χ0) is 15.8. The SMILES string of the molecule is Cc1cccn2c(CC(=O)NCc3noc(C4CC4)n3)cnc12. The van der Waals surface area contributed by atoms with Crippen LogP contribution in [0.5, 0.6) is 0 Å². The Morgan fingerprint density at radius 1 is 1.48 bits per heavy atom. The van der Waals surface area contributed by atoms with Gasteiger partial charge in [-0.05, 0) is 31.4 Å². The minimum absolute atomic E-state index is 0.0916. The highest BCUT2D eigenvalue weighted by molar-refractivity contribution is 5.78. The molecule has 1 aliphatic carbocycles. The van der Waals surface area contributed by atoms with Crippen LogP contribution in [0.1, 0.15) is 41.7 Å². The molecule has 7 heteroatoms. The molecule has 1 fully saturated rings. The van der Waals surface area contributed by atoms with E-state index in [2.05, 4.69) is 20.4 Å². The first-order valence-electron chi connectivity index (χ1n) is 7.71. The molecule has 0 unspecified atom stereocenters. The van der Waals surface area contributed by atoms with Gasteiger partial charge in [0.15, 0.2) is 5.82 Å². The van der Waals surface area contributed by atoms with Gasteiger partial charge < -0.3 is 14.2 Å². The van der Waals surface area contributed by atoms with E-state index in [1.54, 1.807) is 6.20 Å². The first-order valence-corrected chi connectivity index (χ1v) is 7.71. The van der Waals surface area contributed by atoms with Gasteiger partial charge in [0, 0.05) is 18.3 Å². The lowest BCUT2D eigenvalue weighted by atomic mass is 10.3. The number of fused-ring (bicyclic) bond motifs is 1. The summed E-state index contributed by atoms with van der Waals surface area (Å²) in [5, 5.41) is 6.71. The number of carbonyl (C=O) groups excluding carboxylic acids is 1. The standard InChI is InChI=1S/C16H17N5O2/c1-10-3-2-6-21-12(8-18-15(10)21)7-14(22)17-9-13-19-16(23-20-13)11-4-5-11/h2-3,6,8,11H,4-5,7,9H2,1H3,(H,17,22). The number of hydrogen-bond acceptors (Lipinski definition) is 5. The third kappa shape index (κ3) is 2.81. The summed E-state index contributed by atoms with van der Waals surface area (Å²) in [7, 11) is 0. The van der Waals surface area contributed by atoms with E-state index in [0.29, 0.717) is 17.6 Å². The Balaban J connectivity index is 1.39. The molecule has 0 radical (unpaired) electrons. The fourth-order valence-corrected chi connectivity index (χ4v) is 2.57. The molecule has 0 spiro atoms. The molecule has 1 aliphatic rings. The molecule has 0 aliphatic heterocycles. The van der Waals surface area contributed by atoms with Crippen LogP contribution in [-0.4, -0.2) is 25.4 Å². The molecule has 7 nitrogen and oxygen atoms in total. The maximum atomic E-state index is 12.1. The van der Waals surface area contributed by atoms with Crippen molar-refractivity contribution in [1.82, 2.24) is 24.8 Å². The molecule has 1 saturated carbocycles. The fourth-order valence-electron chi connectivity index (χ4n) is 2.57. The van der Waals surface area contributed by atoms with Crippen molar-refractivity contribution in [3.05, 3.63) is 47.5 Å². The summed E-state index contributed by atoms with van der Waals surface area (Å²) in [5.41, 5.74) is 2.81. The van der Waals surface area contributed by atoms with Gasteiger partial charge in [0.05, 0.1) is 18.7 Å². The molecule has 1 N–H and O–H groups in total. The van der Waals surface area contributed by atoms with Crippen LogP contribution in [0.3, 0.4) is 0 Å². The number of aryl methyl sites for hydroxylation is 1. The van der Waals surface area contributed by atoms with Crippen LogP contribution < -0.4 is 5.32 Å². The number of hydrogen-bond donors (Lipinski definition) is 1. The van der Waals surface area contributed by atoms with Crippen LogP contribution >= 0.6 is 0 Å². The quantitative estimate of drug-likeness (QED) is 0.776. The van der Waals surface area contributed by atoms with Gasteiger partial charge >= 0.3 is 0 Å². The maximum Gasteiger partial charge on any atom is 0.229 e. The van der Waals surface area contributed by atoms with Gasteiger partial charge in [0.1, 0.15) is 5.65 Å². The van der Waals surface area contributed by atoms with Crippen molar-refractivity contribution in [2.75, 3.05) is 0 Å². The largest absolute Gasteiger partial charge is 0.348 e. The number of nitrogens with one attached hydrogen (secondary N) is 1. The Morgan fingerprint density at radius 3 is 3.17 bits per heavy atom. The van der Waals surface area contributed by atoms with Gasteiger partial charge in [-0.15, -0.1) is 0 Å². The van der Waals surface area contributed by atoms with Gasteiger partial charge in [-0.2, -0.15) is 4.98 Å². The molecular weight excluding hydrogens is 294 g/mol. The molecule has 3 aromatic heterocycles. The van der Waals surface area contributed by atoms with Crippen LogP contribution in [-0.2, 0) is 17.8 Å². The van der Waals surface area contributed by atoms with Crippen molar-refractivity contribution >= 4 is 11.6 Å². The van der Waals surface area contributed by atoms with Crippen LogP contribution in [0.25, 0.3) is 5.65 Å². The lowest BCUT2D eigenvalue weighted by molar-refractivity contribution is -0.120. The van der Waals surface area contributed by atoms with E-state index in [9.17, 15) is 4.79 Å². The Labute approximate surface area is 132 Å². The smallest absolute Gasteiger partial charge is 0.229 e. The van der Waals surface area contributed by atoms with E-state index >= 15 is 0 Å². The van der Waals surface area contributed by atoms with E-state index in [1.165, 1.54) is 0 Å². The lowest BCUT2D eigenvalue weighted by Gasteiger charge is -2.03. The molecule has 0 saturated heterocycles. The van der Waals surface area contributed by atoms with E-state index in [-0.39, 0.29) is 18.9 Å². The highest BCUT2D eigenvalue weighted by Gasteiger charge is 2.29. The third-order valence-corrected chi connectivity index (χ3v) is 4.00. The number of carbonyl (C=O) groups is 1. The summed E-state index contributed by atoms with van der Waals surface area (Å²) in [5.74, 6) is 1.54. The molecular formula is C16H17N5O2. The minimum Gasteiger partial charge on any atom is -0.348 e. The number of aromatic nitrogens is 4. The van der Waals surface area contributed by atoms with Crippen molar-refractivity contribution in [3.63, 3.8) is 0 Å². The molecule has 3 heterocycles. The summed E-state index contributed by atoms with van der Waals surface area (Å²) >= 11 is 0. The summed E-state index contributed by atoms with van der Waals surface area (Å²) < 4.78 is 7.11. The second kappa shape index (κ2) is 5.49. The predicted molar refractivity (Wildman–Crippen MR) is 81.8 cm³/mol. The van der Waals surface area contributed by atoms with Crippen LogP contribution in [0.4, 0.5) is 0 Å². The van der Waals surface area contributed by atoms with Gasteiger partial charge in [-0.1, -0.05) is 11.2 Å². The Kier molecular flexibility index (Phi) is 3.33. The van der Waals surface area contributed by atoms with Gasteiger partial charge in [-0.25, -0.2) is 4.98 Å². The Morgan fingerprint density at radius 2 is 2.35 bits per heavy atom. The summed E-state index contributed by atoms with van der Waals surface area (Å²) in [6.45, 7) is 2.28. The zero-order valence-corrected chi connectivity index (χ0v) is 12.8. The van der Waals surface area contributed by atoms with Crippen molar-refractivity contribution in [2.45, 2.75) is 38.6 Å². The molecule has 4 rings (SSSR count). The average molecular weight is 311 g/mol. The van der Waals surface area contributed by atoms with Gasteiger partial charge in [0.2, 0.25) is 11.8 Å². The summed E-state index contributed by atoms with van der Waals surface area (Å²) in [6.07, 6.45) is 6.14. The molecule has 23 heavy (non-hydrogen) atoms. The van der Waals surface area contributed by atoms with E-state index in [4.69, 9.17) is 4.52 Å². The molecule has 118 valence electrons. The normalized spacial score (nSPS) is 14.3. The van der Waals surface area contributed by atoms with E-state index < -0.39 is 0 Å². The summed E-state index contributed by atoms with van der Waals surface area (Å²) in [6, 6.07) is 3.95. The van der Waals surface area contributed by atoms with E-state index in [0.717, 1.165) is 29.7 Å². The predicted octanol–water partition coefficient (Wildman–Crippen LogP) is 1.76. The first-order chi connectivity index (χ1) is 11.2. The fraction of sp³-hybridized carbons (Fsp3) is 0.375. The molecule has 0 bridgehead atoms. The molecule has 1 amide bonds. The zero-order valence-electron chi connectivity index (χ0n) is 12.8. The van der Waals surface area contributed by atoms with Crippen molar-refractivity contribution in [1.29, 1.82) is 0 Å². The second-order valence-electron chi connectivity index (χ2n) is 5.91. The van der Waals surface area contributed by atoms with Crippen molar-refractivity contribution in [2.24, 2.45) is 0 Å². The number of pyridine rings is 1. The van der Waals surface area contributed by atoms with Gasteiger partial charge in [0.25, 0.3) is 0 Å². The van der Waals surface area contributed by atoms with Crippen molar-refractivity contribution < 1.29 is 9.32 Å². The highest BCUT2D eigenvalue weighted by Crippen LogP contribution is 2.38. The molecule has 0 atom stereocenters. The highest BCUT2D eigenvalue weighted by atomic mass is 16.5. The maximum absolute atomic E-state index is 12.1. The number of nitrogens with zero attached hydrogens (tertiary/aromatic N) is 4. The number of amides is 1. The van der Waals surface area contributed by atoms with Crippen LogP contribution in [0, 0.1) is 6.92 Å². The third-order valence-electron chi connectivity index (χ3n) is 4.00. The number of rotatable bonds is 5. The number of imidazole rings is 1. The Bertz CT molecular complexity index is 862. The van der Waals surface area contributed by atoms with Gasteiger partial charge in [-0.3, -0.25) is 4.79 Å². The first kappa shape index (κ1) is 13.9. The molecule has 3 aromatic rings. The monoisotopic (exact) mass is 311 g/mol.